The Morgan fingerprint density at radius 2 is 1.51 bits per heavy atom. The molecule has 0 bridgehead atoms. The first-order valence-corrected chi connectivity index (χ1v) is 15.9. The quantitative estimate of drug-likeness (QED) is 0.179. The highest BCUT2D eigenvalue weighted by Gasteiger charge is 2.53. The summed E-state index contributed by atoms with van der Waals surface area (Å²) in [7, 11) is 0. The molecule has 0 amide bonds. The van der Waals surface area contributed by atoms with Crippen LogP contribution < -0.4 is 15.0 Å². The van der Waals surface area contributed by atoms with Crippen molar-refractivity contribution in [3.05, 3.63) is 82.4 Å². The third-order valence-corrected chi connectivity index (χ3v) is 9.11. The van der Waals surface area contributed by atoms with Gasteiger partial charge in [-0.1, -0.05) is 76.5 Å². The van der Waals surface area contributed by atoms with E-state index in [0.29, 0.717) is 5.56 Å². The molecule has 1 saturated heterocycles. The van der Waals surface area contributed by atoms with Gasteiger partial charge < -0.3 is 19.7 Å². The molecule has 5 heteroatoms. The molecule has 3 aliphatic rings. The fourth-order valence-electron chi connectivity index (χ4n) is 6.83. The van der Waals surface area contributed by atoms with E-state index in [-0.39, 0.29) is 5.97 Å². The predicted molar refractivity (Wildman–Crippen MR) is 167 cm³/mol. The standard InChI is InChI=1S/C36H44N2O3/c1-3-4-5-6-7-8-9-10-13-20-37-32-25-31-33(23-26(32)2)40-34-24-27(38-21-14-15-22-38)18-19-30(34)36(31)29-17-12-11-16-28(29)35(39)41-36/h11-12,16-19,23-25,37H,3-10,13-15,20-22H2,1-2H3. The largest absolute Gasteiger partial charge is 0.456 e. The van der Waals surface area contributed by atoms with Crippen molar-refractivity contribution in [1.82, 2.24) is 0 Å². The third kappa shape index (κ3) is 5.31. The minimum absolute atomic E-state index is 0.284. The van der Waals surface area contributed by atoms with Gasteiger partial charge in [0, 0.05) is 53.8 Å². The Labute approximate surface area is 245 Å². The number of ether oxygens (including phenoxy) is 2. The monoisotopic (exact) mass is 552 g/mol. The van der Waals surface area contributed by atoms with Crippen LogP contribution in [0.1, 0.15) is 110 Å². The van der Waals surface area contributed by atoms with E-state index in [1.165, 1.54) is 64.2 Å². The van der Waals surface area contributed by atoms with E-state index in [2.05, 4.69) is 54.4 Å². The molecule has 1 atom stereocenters. The molecule has 0 aliphatic carbocycles. The molecule has 1 unspecified atom stereocenters. The second-order valence-electron chi connectivity index (χ2n) is 12.0. The fourth-order valence-corrected chi connectivity index (χ4v) is 6.83. The summed E-state index contributed by atoms with van der Waals surface area (Å²) in [4.78, 5) is 15.7. The molecule has 0 saturated carbocycles. The average molecular weight is 553 g/mol. The summed E-state index contributed by atoms with van der Waals surface area (Å²) in [5, 5.41) is 3.69. The van der Waals surface area contributed by atoms with Gasteiger partial charge in [-0.25, -0.2) is 4.79 Å². The molecule has 216 valence electrons. The molecule has 0 aromatic heterocycles. The Morgan fingerprint density at radius 1 is 0.805 bits per heavy atom. The average Bonchev–Trinajstić information content (AvgIpc) is 3.62. The number of nitrogens with zero attached hydrogens (tertiary/aromatic N) is 1. The normalized spacial score (nSPS) is 18.6. The zero-order valence-electron chi connectivity index (χ0n) is 24.8. The van der Waals surface area contributed by atoms with Gasteiger partial charge in [-0.15, -0.1) is 0 Å². The predicted octanol–water partition coefficient (Wildman–Crippen LogP) is 9.11. The SMILES string of the molecule is CCCCCCCCCCCNc1cc2c(cc1C)Oc1cc(N3CCCC3)ccc1C21OC(=O)c2ccccc21. The van der Waals surface area contributed by atoms with Crippen molar-refractivity contribution in [1.29, 1.82) is 0 Å². The molecular formula is C36H44N2O3. The number of hydrogen-bond donors (Lipinski definition) is 1. The summed E-state index contributed by atoms with van der Waals surface area (Å²) >= 11 is 0. The van der Waals surface area contributed by atoms with Gasteiger partial charge in [-0.05, 0) is 62.1 Å². The molecule has 3 aromatic carbocycles. The Hall–Kier alpha value is -3.47. The number of anilines is 2. The maximum atomic E-state index is 13.3. The number of benzene rings is 3. The van der Waals surface area contributed by atoms with Crippen LogP contribution in [0.4, 0.5) is 11.4 Å². The minimum Gasteiger partial charge on any atom is -0.456 e. The Morgan fingerprint density at radius 3 is 2.29 bits per heavy atom. The van der Waals surface area contributed by atoms with Crippen LogP contribution in [0, 0.1) is 6.92 Å². The molecule has 3 heterocycles. The zero-order chi connectivity index (χ0) is 28.2. The minimum atomic E-state index is -1.03. The van der Waals surface area contributed by atoms with Crippen molar-refractivity contribution in [3.8, 4) is 11.5 Å². The van der Waals surface area contributed by atoms with Crippen LogP contribution >= 0.6 is 0 Å². The second kappa shape index (κ2) is 12.2. The first-order chi connectivity index (χ1) is 20.1. The molecule has 0 radical (unpaired) electrons. The fraction of sp³-hybridized carbons (Fsp3) is 0.472. The van der Waals surface area contributed by atoms with Gasteiger partial charge in [0.1, 0.15) is 11.5 Å². The number of esters is 1. The van der Waals surface area contributed by atoms with E-state index >= 15 is 0 Å². The van der Waals surface area contributed by atoms with E-state index in [4.69, 9.17) is 9.47 Å². The number of hydrogen-bond acceptors (Lipinski definition) is 5. The van der Waals surface area contributed by atoms with Crippen molar-refractivity contribution < 1.29 is 14.3 Å². The molecule has 6 rings (SSSR count). The summed E-state index contributed by atoms with van der Waals surface area (Å²) in [6, 6.07) is 18.5. The lowest BCUT2D eigenvalue weighted by atomic mass is 9.77. The first kappa shape index (κ1) is 27.7. The van der Waals surface area contributed by atoms with Crippen molar-refractivity contribution in [3.63, 3.8) is 0 Å². The van der Waals surface area contributed by atoms with Gasteiger partial charge in [0.15, 0.2) is 5.60 Å². The number of fused-ring (bicyclic) bond motifs is 6. The number of rotatable bonds is 12. The van der Waals surface area contributed by atoms with Crippen LogP contribution in [0.5, 0.6) is 11.5 Å². The summed E-state index contributed by atoms with van der Waals surface area (Å²) in [5.74, 6) is 1.24. The molecule has 5 nitrogen and oxygen atoms in total. The summed E-state index contributed by atoms with van der Waals surface area (Å²) in [6.07, 6.45) is 14.2. The van der Waals surface area contributed by atoms with Crippen molar-refractivity contribution in [2.75, 3.05) is 29.9 Å². The lowest BCUT2D eigenvalue weighted by molar-refractivity contribution is 0.0224. The summed E-state index contributed by atoms with van der Waals surface area (Å²) in [6.45, 7) is 7.44. The van der Waals surface area contributed by atoms with Gasteiger partial charge in [-0.2, -0.15) is 0 Å². The number of carbonyl (C=O) groups is 1. The highest BCUT2D eigenvalue weighted by Crippen LogP contribution is 2.57. The molecule has 1 N–H and O–H groups in total. The van der Waals surface area contributed by atoms with Crippen molar-refractivity contribution in [2.24, 2.45) is 0 Å². The summed E-state index contributed by atoms with van der Waals surface area (Å²) < 4.78 is 13.0. The first-order valence-electron chi connectivity index (χ1n) is 15.9. The van der Waals surface area contributed by atoms with Gasteiger partial charge in [0.05, 0.1) is 5.56 Å². The van der Waals surface area contributed by atoms with Crippen molar-refractivity contribution >= 4 is 17.3 Å². The molecule has 3 aliphatic heterocycles. The highest BCUT2D eigenvalue weighted by molar-refractivity contribution is 5.97. The van der Waals surface area contributed by atoms with Crippen LogP contribution in [0.15, 0.2) is 54.6 Å². The smallest absolute Gasteiger partial charge is 0.340 e. The Balaban J connectivity index is 1.25. The lowest BCUT2D eigenvalue weighted by Crippen LogP contribution is -2.33. The maximum Gasteiger partial charge on any atom is 0.340 e. The van der Waals surface area contributed by atoms with Crippen molar-refractivity contribution in [2.45, 2.75) is 90.1 Å². The zero-order valence-corrected chi connectivity index (χ0v) is 24.8. The van der Waals surface area contributed by atoms with E-state index < -0.39 is 5.60 Å². The highest BCUT2D eigenvalue weighted by atomic mass is 16.6. The molecule has 3 aromatic rings. The molecule has 1 fully saturated rings. The van der Waals surface area contributed by atoms with Gasteiger partial charge in [0.25, 0.3) is 0 Å². The second-order valence-corrected chi connectivity index (χ2v) is 12.0. The van der Waals surface area contributed by atoms with Crippen LogP contribution in [-0.4, -0.2) is 25.6 Å². The van der Waals surface area contributed by atoms with Crippen LogP contribution in [0.3, 0.4) is 0 Å². The Bertz CT molecular complexity index is 1390. The molecule has 41 heavy (non-hydrogen) atoms. The molecule has 1 spiro atoms. The van der Waals surface area contributed by atoms with Gasteiger partial charge >= 0.3 is 5.97 Å². The van der Waals surface area contributed by atoms with E-state index in [9.17, 15) is 4.79 Å². The van der Waals surface area contributed by atoms with Gasteiger partial charge in [0.2, 0.25) is 0 Å². The van der Waals surface area contributed by atoms with E-state index in [1.54, 1.807) is 0 Å². The maximum absolute atomic E-state index is 13.3. The topological polar surface area (TPSA) is 50.8 Å². The third-order valence-electron chi connectivity index (χ3n) is 9.11. The van der Waals surface area contributed by atoms with Crippen LogP contribution in [-0.2, 0) is 10.3 Å². The Kier molecular flexibility index (Phi) is 8.23. The van der Waals surface area contributed by atoms with Crippen LogP contribution in [0.2, 0.25) is 0 Å². The summed E-state index contributed by atoms with van der Waals surface area (Å²) in [5.41, 5.74) is 5.63. The van der Waals surface area contributed by atoms with Gasteiger partial charge in [-0.3, -0.25) is 0 Å². The number of nitrogens with one attached hydrogen (secondary N) is 1. The molecular weight excluding hydrogens is 508 g/mol. The van der Waals surface area contributed by atoms with Crippen LogP contribution in [0.25, 0.3) is 0 Å². The van der Waals surface area contributed by atoms with E-state index in [1.807, 2.05) is 24.3 Å². The number of aryl methyl sites for hydroxylation is 1. The van der Waals surface area contributed by atoms with E-state index in [0.717, 1.165) is 71.2 Å². The number of carbonyl (C=O) groups excluding carboxylic acids is 1. The number of unbranched alkanes of at least 4 members (excludes halogenated alkanes) is 8. The lowest BCUT2D eigenvalue weighted by Gasteiger charge is -2.37.